The zero-order valence-corrected chi connectivity index (χ0v) is 19.4. The summed E-state index contributed by atoms with van der Waals surface area (Å²) in [5.41, 5.74) is 4.56. The van der Waals surface area contributed by atoms with E-state index in [1.165, 1.54) is 0 Å². The Hall–Kier alpha value is -3.08. The topological polar surface area (TPSA) is 57.8 Å². The fourth-order valence-corrected chi connectivity index (χ4v) is 5.10. The van der Waals surface area contributed by atoms with Crippen LogP contribution in [0.4, 0.5) is 11.4 Å². The molecule has 7 nitrogen and oxygen atoms in total. The molecular weight excluding hydrogens is 436 g/mol. The smallest absolute Gasteiger partial charge is 0.239 e. The number of anilines is 1. The van der Waals surface area contributed by atoms with Crippen LogP contribution >= 0.6 is 11.6 Å². The Kier molecular flexibility index (Phi) is 5.96. The van der Waals surface area contributed by atoms with Gasteiger partial charge in [0.15, 0.2) is 5.69 Å². The molecule has 0 spiro atoms. The highest BCUT2D eigenvalue weighted by molar-refractivity contribution is 6.30. The van der Waals surface area contributed by atoms with Gasteiger partial charge in [0.25, 0.3) is 0 Å². The van der Waals surface area contributed by atoms with E-state index in [0.29, 0.717) is 10.7 Å². The van der Waals surface area contributed by atoms with Gasteiger partial charge < -0.3 is 19.7 Å². The molecule has 2 fully saturated rings. The van der Waals surface area contributed by atoms with E-state index < -0.39 is 0 Å². The first kappa shape index (κ1) is 21.7. The van der Waals surface area contributed by atoms with E-state index in [-0.39, 0.29) is 18.0 Å². The van der Waals surface area contributed by atoms with Crippen molar-refractivity contribution in [1.82, 2.24) is 19.8 Å². The molecule has 0 radical (unpaired) electrons. The van der Waals surface area contributed by atoms with Crippen LogP contribution in [0.1, 0.15) is 31.4 Å². The predicted molar refractivity (Wildman–Crippen MR) is 131 cm³/mol. The molecule has 2 saturated heterocycles. The van der Waals surface area contributed by atoms with Crippen molar-refractivity contribution >= 4 is 39.9 Å². The third-order valence-corrected chi connectivity index (χ3v) is 7.09. The number of halogens is 1. The number of nitrogens with one attached hydrogen (secondary N) is 1. The molecule has 2 aromatic carbocycles. The summed E-state index contributed by atoms with van der Waals surface area (Å²) in [5, 5.41) is 3.88. The van der Waals surface area contributed by atoms with Gasteiger partial charge in [-0.25, -0.2) is 9.83 Å². The van der Waals surface area contributed by atoms with Crippen LogP contribution in [-0.2, 0) is 4.79 Å². The number of fused-ring (bicyclic) bond motifs is 1. The van der Waals surface area contributed by atoms with E-state index in [1.54, 1.807) is 6.07 Å². The minimum Gasteiger partial charge on any atom is -0.368 e. The molecule has 0 aliphatic carbocycles. The minimum absolute atomic E-state index is 0.00282. The van der Waals surface area contributed by atoms with E-state index in [1.807, 2.05) is 29.4 Å². The summed E-state index contributed by atoms with van der Waals surface area (Å²) in [6.45, 7) is 13.7. The molecule has 8 heteroatoms. The van der Waals surface area contributed by atoms with Crippen LogP contribution in [0.5, 0.6) is 0 Å². The third kappa shape index (κ3) is 4.17. The van der Waals surface area contributed by atoms with Crippen molar-refractivity contribution in [3.63, 3.8) is 0 Å². The van der Waals surface area contributed by atoms with Crippen molar-refractivity contribution in [2.75, 3.05) is 37.6 Å². The molecule has 2 aliphatic rings. The third-order valence-electron chi connectivity index (χ3n) is 6.85. The normalized spacial score (nSPS) is 19.6. The molecule has 5 rings (SSSR count). The number of piperazine rings is 1. The van der Waals surface area contributed by atoms with E-state index >= 15 is 0 Å². The quantitative estimate of drug-likeness (QED) is 0.589. The van der Waals surface area contributed by atoms with Crippen LogP contribution in [0.15, 0.2) is 42.7 Å². The maximum atomic E-state index is 12.7. The molecule has 1 aromatic heterocycles. The number of imidazole rings is 1. The van der Waals surface area contributed by atoms with Gasteiger partial charge >= 0.3 is 0 Å². The average molecular weight is 463 g/mol. The van der Waals surface area contributed by atoms with Gasteiger partial charge in [-0.1, -0.05) is 17.7 Å². The van der Waals surface area contributed by atoms with Crippen molar-refractivity contribution in [2.45, 2.75) is 31.8 Å². The average Bonchev–Trinajstić information content (AvgIpc) is 3.53. The summed E-state index contributed by atoms with van der Waals surface area (Å²) in [5.74, 6) is 0.244. The Morgan fingerprint density at radius 3 is 2.76 bits per heavy atom. The van der Waals surface area contributed by atoms with Crippen LogP contribution in [0.2, 0.25) is 5.02 Å². The number of rotatable bonds is 4. The van der Waals surface area contributed by atoms with Crippen molar-refractivity contribution in [3.05, 3.63) is 64.7 Å². The lowest BCUT2D eigenvalue weighted by Gasteiger charge is -2.37. The van der Waals surface area contributed by atoms with Crippen LogP contribution in [0, 0.1) is 6.57 Å². The Balaban J connectivity index is 1.36. The van der Waals surface area contributed by atoms with E-state index in [2.05, 4.69) is 43.7 Å². The largest absolute Gasteiger partial charge is 0.368 e. The number of carbonyl (C=O) groups is 1. The maximum absolute atomic E-state index is 12.7. The van der Waals surface area contributed by atoms with Gasteiger partial charge in [-0.2, -0.15) is 0 Å². The standard InChI is InChI=1S/C25H27ClN6O/c1-17(20-7-5-18(26)14-23(20)27-2)32-16-29-21-8-6-19(15-24(21)32)30-10-12-31(13-11-30)25(33)22-4-3-9-28-22/h5-8,14-17,22,28H,3-4,9-13H2,1H3/t17?,22-/m1/s1. The van der Waals surface area contributed by atoms with Crippen LogP contribution in [0.3, 0.4) is 0 Å². The molecule has 0 saturated carbocycles. The summed E-state index contributed by atoms with van der Waals surface area (Å²) in [6.07, 6.45) is 3.86. The zero-order valence-electron chi connectivity index (χ0n) is 18.7. The molecule has 3 aromatic rings. The highest BCUT2D eigenvalue weighted by Gasteiger charge is 2.29. The first-order valence-electron chi connectivity index (χ1n) is 11.5. The van der Waals surface area contributed by atoms with Gasteiger partial charge in [0.05, 0.1) is 30.0 Å². The van der Waals surface area contributed by atoms with Gasteiger partial charge in [-0.05, 0) is 62.2 Å². The summed E-state index contributed by atoms with van der Waals surface area (Å²) >= 11 is 6.10. The summed E-state index contributed by atoms with van der Waals surface area (Å²) in [6, 6.07) is 11.7. The number of nitrogens with zero attached hydrogens (tertiary/aromatic N) is 5. The van der Waals surface area contributed by atoms with E-state index in [0.717, 1.165) is 67.8 Å². The number of carbonyl (C=O) groups excluding carboxylic acids is 1. The second-order valence-corrected chi connectivity index (χ2v) is 9.21. The number of amides is 1. The van der Waals surface area contributed by atoms with E-state index in [4.69, 9.17) is 18.2 Å². The van der Waals surface area contributed by atoms with Gasteiger partial charge in [0, 0.05) is 42.9 Å². The first-order chi connectivity index (χ1) is 16.0. The van der Waals surface area contributed by atoms with Gasteiger partial charge in [0.2, 0.25) is 5.91 Å². The molecule has 1 amide bonds. The molecule has 0 bridgehead atoms. The van der Waals surface area contributed by atoms with Crippen LogP contribution < -0.4 is 10.2 Å². The summed E-state index contributed by atoms with van der Waals surface area (Å²) in [4.78, 5) is 25.3. The second-order valence-electron chi connectivity index (χ2n) is 8.78. The minimum atomic E-state index is -0.0556. The molecular formula is C25H27ClN6O. The van der Waals surface area contributed by atoms with Gasteiger partial charge in [-0.3, -0.25) is 4.79 Å². The number of hydrogen-bond acceptors (Lipinski definition) is 4. The lowest BCUT2D eigenvalue weighted by atomic mass is 10.1. The Labute approximate surface area is 198 Å². The van der Waals surface area contributed by atoms with E-state index in [9.17, 15) is 4.79 Å². The maximum Gasteiger partial charge on any atom is 0.239 e. The highest BCUT2D eigenvalue weighted by atomic mass is 35.5. The molecule has 2 atom stereocenters. The fourth-order valence-electron chi connectivity index (χ4n) is 4.94. The molecule has 3 heterocycles. The van der Waals surface area contributed by atoms with Crippen LogP contribution in [-0.4, -0.2) is 59.1 Å². The Morgan fingerprint density at radius 2 is 2.03 bits per heavy atom. The predicted octanol–water partition coefficient (Wildman–Crippen LogP) is 4.25. The summed E-state index contributed by atoms with van der Waals surface area (Å²) in [7, 11) is 0. The van der Waals surface area contributed by atoms with Gasteiger partial charge in [-0.15, -0.1) is 0 Å². The second kappa shape index (κ2) is 9.05. The van der Waals surface area contributed by atoms with Crippen LogP contribution in [0.25, 0.3) is 15.9 Å². The number of benzene rings is 2. The van der Waals surface area contributed by atoms with Crippen molar-refractivity contribution < 1.29 is 4.79 Å². The van der Waals surface area contributed by atoms with Crippen molar-refractivity contribution in [2.24, 2.45) is 0 Å². The lowest BCUT2D eigenvalue weighted by molar-refractivity contribution is -0.133. The number of aromatic nitrogens is 2. The molecule has 33 heavy (non-hydrogen) atoms. The highest BCUT2D eigenvalue weighted by Crippen LogP contribution is 2.33. The zero-order chi connectivity index (χ0) is 22.9. The molecule has 170 valence electrons. The Bertz CT molecular complexity index is 1220. The summed E-state index contributed by atoms with van der Waals surface area (Å²) < 4.78 is 2.11. The SMILES string of the molecule is [C-]#[N+]c1cc(Cl)ccc1C(C)n1cnc2ccc(N3CCN(C(=O)[C@H]4CCCN4)CC3)cc21. The molecule has 1 N–H and O–H groups in total. The first-order valence-corrected chi connectivity index (χ1v) is 11.8. The Morgan fingerprint density at radius 1 is 1.21 bits per heavy atom. The monoisotopic (exact) mass is 462 g/mol. The molecule has 2 aliphatic heterocycles. The van der Waals surface area contributed by atoms with Crippen molar-refractivity contribution in [3.8, 4) is 0 Å². The fraction of sp³-hybridized carbons (Fsp3) is 0.400. The lowest BCUT2D eigenvalue weighted by Crippen LogP contribution is -2.53. The van der Waals surface area contributed by atoms with Gasteiger partial charge in [0.1, 0.15) is 0 Å². The number of hydrogen-bond donors (Lipinski definition) is 1. The molecule has 1 unspecified atom stereocenters. The van der Waals surface area contributed by atoms with Crippen molar-refractivity contribution in [1.29, 1.82) is 0 Å².